The molecule has 1 aliphatic rings. The molecule has 23 heavy (non-hydrogen) atoms. The minimum atomic E-state index is -0.261. The maximum Gasteiger partial charge on any atom is 0.247 e. The van der Waals surface area contributed by atoms with E-state index >= 15 is 0 Å². The molecule has 2 amide bonds. The molecule has 0 radical (unpaired) electrons. The molecule has 0 spiro atoms. The van der Waals surface area contributed by atoms with Crippen LogP contribution in [0.1, 0.15) is 31.7 Å². The molecule has 1 atom stereocenters. The molecule has 0 saturated carbocycles. The molecule has 1 unspecified atom stereocenters. The van der Waals surface area contributed by atoms with Crippen molar-refractivity contribution in [3.63, 3.8) is 0 Å². The van der Waals surface area contributed by atoms with Gasteiger partial charge in [0.2, 0.25) is 11.8 Å². The van der Waals surface area contributed by atoms with Gasteiger partial charge in [-0.25, -0.2) is 0 Å². The molecule has 2 N–H and O–H groups in total. The van der Waals surface area contributed by atoms with E-state index in [9.17, 15) is 9.59 Å². The van der Waals surface area contributed by atoms with Crippen molar-refractivity contribution < 1.29 is 9.59 Å². The Morgan fingerprint density at radius 2 is 2.22 bits per heavy atom. The van der Waals surface area contributed by atoms with Gasteiger partial charge in [0, 0.05) is 17.6 Å². The molecule has 122 valence electrons. The number of anilines is 1. The maximum absolute atomic E-state index is 12.1. The first-order valence-electron chi connectivity index (χ1n) is 7.97. The van der Waals surface area contributed by atoms with Crippen molar-refractivity contribution >= 4 is 17.5 Å². The van der Waals surface area contributed by atoms with Crippen molar-refractivity contribution in [2.24, 2.45) is 5.41 Å². The largest absolute Gasteiger partial charge is 0.355 e. The predicted molar refractivity (Wildman–Crippen MR) is 93.1 cm³/mol. The highest BCUT2D eigenvalue weighted by atomic mass is 16.2. The fourth-order valence-electron chi connectivity index (χ4n) is 2.72. The van der Waals surface area contributed by atoms with E-state index in [-0.39, 0.29) is 17.2 Å². The summed E-state index contributed by atoms with van der Waals surface area (Å²) in [6.07, 6.45) is 9.34. The standard InChI is InChI=1S/C19H24N2O2/c1-3-17(22)21-16-9-7-8-15(12-16)13-18(23)20-14-19(2)10-5-4-6-11-19/h3,5,7-10,12H,1,4,6,11,13-14H2,2H3,(H,20,23)(H,21,22). The molecule has 1 aromatic carbocycles. The Kier molecular flexibility index (Phi) is 5.74. The molecule has 1 aromatic rings. The van der Waals surface area contributed by atoms with E-state index in [0.29, 0.717) is 18.7 Å². The first kappa shape index (κ1) is 17.0. The minimum Gasteiger partial charge on any atom is -0.355 e. The summed E-state index contributed by atoms with van der Waals surface area (Å²) >= 11 is 0. The van der Waals surface area contributed by atoms with Crippen LogP contribution < -0.4 is 10.6 Å². The number of carbonyl (C=O) groups excluding carboxylic acids is 2. The van der Waals surface area contributed by atoms with Gasteiger partial charge in [0.15, 0.2) is 0 Å². The Morgan fingerprint density at radius 1 is 1.39 bits per heavy atom. The summed E-state index contributed by atoms with van der Waals surface area (Å²) in [4.78, 5) is 23.5. The summed E-state index contributed by atoms with van der Waals surface area (Å²) in [5, 5.41) is 5.72. The smallest absolute Gasteiger partial charge is 0.247 e. The van der Waals surface area contributed by atoms with Gasteiger partial charge in [-0.3, -0.25) is 9.59 Å². The van der Waals surface area contributed by atoms with Crippen LogP contribution in [0.2, 0.25) is 0 Å². The van der Waals surface area contributed by atoms with Crippen LogP contribution in [0.15, 0.2) is 49.1 Å². The zero-order valence-corrected chi connectivity index (χ0v) is 13.6. The molecular weight excluding hydrogens is 288 g/mol. The van der Waals surface area contributed by atoms with Crippen molar-refractivity contribution in [1.29, 1.82) is 0 Å². The summed E-state index contributed by atoms with van der Waals surface area (Å²) in [7, 11) is 0. The molecule has 0 aromatic heterocycles. The van der Waals surface area contributed by atoms with Gasteiger partial charge >= 0.3 is 0 Å². The lowest BCUT2D eigenvalue weighted by Crippen LogP contribution is -2.36. The summed E-state index contributed by atoms with van der Waals surface area (Å²) in [5.74, 6) is -0.263. The zero-order valence-electron chi connectivity index (χ0n) is 13.6. The zero-order chi connectivity index (χ0) is 16.7. The lowest BCUT2D eigenvalue weighted by Gasteiger charge is -2.29. The topological polar surface area (TPSA) is 58.2 Å². The Morgan fingerprint density at radius 3 is 2.91 bits per heavy atom. The van der Waals surface area contributed by atoms with E-state index in [1.807, 2.05) is 18.2 Å². The quantitative estimate of drug-likeness (QED) is 0.626. The number of benzene rings is 1. The van der Waals surface area contributed by atoms with Gasteiger partial charge in [0.25, 0.3) is 0 Å². The Balaban J connectivity index is 1.88. The van der Waals surface area contributed by atoms with E-state index in [1.165, 1.54) is 12.5 Å². The number of carbonyl (C=O) groups is 2. The number of hydrogen-bond donors (Lipinski definition) is 2. The summed E-state index contributed by atoms with van der Waals surface area (Å²) < 4.78 is 0. The second-order valence-electron chi connectivity index (χ2n) is 6.30. The van der Waals surface area contributed by atoms with Gasteiger partial charge < -0.3 is 10.6 Å². The van der Waals surface area contributed by atoms with Crippen molar-refractivity contribution in [2.75, 3.05) is 11.9 Å². The van der Waals surface area contributed by atoms with Crippen LogP contribution >= 0.6 is 0 Å². The second kappa shape index (κ2) is 7.77. The van der Waals surface area contributed by atoms with Crippen LogP contribution in [-0.4, -0.2) is 18.4 Å². The average molecular weight is 312 g/mol. The number of rotatable bonds is 6. The van der Waals surface area contributed by atoms with Gasteiger partial charge in [0.1, 0.15) is 0 Å². The molecule has 0 aliphatic heterocycles. The lowest BCUT2D eigenvalue weighted by atomic mass is 9.81. The number of hydrogen-bond acceptors (Lipinski definition) is 2. The van der Waals surface area contributed by atoms with Crippen molar-refractivity contribution in [3.05, 3.63) is 54.6 Å². The second-order valence-corrected chi connectivity index (χ2v) is 6.30. The van der Waals surface area contributed by atoms with E-state index in [2.05, 4.69) is 36.3 Å². The number of nitrogens with one attached hydrogen (secondary N) is 2. The first-order chi connectivity index (χ1) is 11.0. The van der Waals surface area contributed by atoms with E-state index < -0.39 is 0 Å². The first-order valence-corrected chi connectivity index (χ1v) is 7.97. The van der Waals surface area contributed by atoms with E-state index in [4.69, 9.17) is 0 Å². The molecule has 0 saturated heterocycles. The van der Waals surface area contributed by atoms with Crippen LogP contribution in [0.4, 0.5) is 5.69 Å². The highest BCUT2D eigenvalue weighted by molar-refractivity contribution is 5.98. The molecule has 0 heterocycles. The Bertz CT molecular complexity index is 622. The highest BCUT2D eigenvalue weighted by Gasteiger charge is 2.23. The number of amides is 2. The van der Waals surface area contributed by atoms with Gasteiger partial charge in [-0.15, -0.1) is 0 Å². The molecular formula is C19H24N2O2. The Hall–Kier alpha value is -2.36. The third-order valence-electron chi connectivity index (χ3n) is 4.07. The molecule has 2 rings (SSSR count). The molecule has 4 heteroatoms. The summed E-state index contributed by atoms with van der Waals surface area (Å²) in [6, 6.07) is 7.30. The van der Waals surface area contributed by atoms with Crippen LogP contribution in [0, 0.1) is 5.41 Å². The average Bonchev–Trinajstić information content (AvgIpc) is 2.54. The third-order valence-corrected chi connectivity index (χ3v) is 4.07. The monoisotopic (exact) mass is 312 g/mol. The fraction of sp³-hybridized carbons (Fsp3) is 0.368. The van der Waals surface area contributed by atoms with Gasteiger partial charge in [0.05, 0.1) is 6.42 Å². The molecule has 0 fully saturated rings. The molecule has 1 aliphatic carbocycles. The van der Waals surface area contributed by atoms with Crippen molar-refractivity contribution in [3.8, 4) is 0 Å². The fourth-order valence-corrected chi connectivity index (χ4v) is 2.72. The molecule has 0 bridgehead atoms. The van der Waals surface area contributed by atoms with Gasteiger partial charge in [-0.2, -0.15) is 0 Å². The summed E-state index contributed by atoms with van der Waals surface area (Å²) in [5.41, 5.74) is 1.60. The van der Waals surface area contributed by atoms with Crippen LogP contribution in [0.25, 0.3) is 0 Å². The van der Waals surface area contributed by atoms with E-state index in [0.717, 1.165) is 18.4 Å². The van der Waals surface area contributed by atoms with Crippen molar-refractivity contribution in [1.82, 2.24) is 5.32 Å². The van der Waals surface area contributed by atoms with E-state index in [1.54, 1.807) is 6.07 Å². The minimum absolute atomic E-state index is 0.00241. The lowest BCUT2D eigenvalue weighted by molar-refractivity contribution is -0.120. The summed E-state index contributed by atoms with van der Waals surface area (Å²) in [6.45, 7) is 6.26. The molecule has 4 nitrogen and oxygen atoms in total. The van der Waals surface area contributed by atoms with Gasteiger partial charge in [-0.1, -0.05) is 37.8 Å². The Labute approximate surface area is 137 Å². The maximum atomic E-state index is 12.1. The SMILES string of the molecule is C=CC(=O)Nc1cccc(CC(=O)NCC2(C)C=CCCC2)c1. The van der Waals surface area contributed by atoms with Crippen LogP contribution in [0.3, 0.4) is 0 Å². The van der Waals surface area contributed by atoms with Gasteiger partial charge in [-0.05, 0) is 43.0 Å². The third kappa shape index (κ3) is 5.40. The van der Waals surface area contributed by atoms with Crippen LogP contribution in [-0.2, 0) is 16.0 Å². The number of allylic oxidation sites excluding steroid dienone is 1. The predicted octanol–water partition coefficient (Wildman–Crippen LogP) is 3.22. The van der Waals surface area contributed by atoms with Crippen LogP contribution in [0.5, 0.6) is 0 Å². The highest BCUT2D eigenvalue weighted by Crippen LogP contribution is 2.29. The van der Waals surface area contributed by atoms with Crippen molar-refractivity contribution in [2.45, 2.75) is 32.6 Å². The normalized spacial score (nSPS) is 19.9.